The smallest absolute Gasteiger partial charge is 0.244 e. The molecule has 0 unspecified atom stereocenters. The summed E-state index contributed by atoms with van der Waals surface area (Å²) in [6.07, 6.45) is 0. The van der Waals surface area contributed by atoms with Crippen molar-refractivity contribution in [2.75, 3.05) is 32.1 Å². The number of imide groups is 1. The van der Waals surface area contributed by atoms with E-state index in [-0.39, 0.29) is 19.6 Å². The Kier molecular flexibility index (Phi) is 4.31. The highest BCUT2D eigenvalue weighted by Crippen LogP contribution is 2.16. The average Bonchev–Trinajstić information content (AvgIpc) is 2.43. The highest BCUT2D eigenvalue weighted by atomic mass is 16.5. The Labute approximate surface area is 115 Å². The van der Waals surface area contributed by atoms with E-state index in [1.54, 1.807) is 24.3 Å². The zero-order valence-electron chi connectivity index (χ0n) is 11.0. The summed E-state index contributed by atoms with van der Waals surface area (Å²) in [6.45, 7) is -0.146. The third-order valence-corrected chi connectivity index (χ3v) is 2.81. The first kappa shape index (κ1) is 14.0. The molecule has 1 aromatic rings. The zero-order chi connectivity index (χ0) is 14.5. The Morgan fingerprint density at radius 2 is 2.05 bits per heavy atom. The molecule has 3 amide bonds. The molecule has 1 heterocycles. The molecule has 20 heavy (non-hydrogen) atoms. The van der Waals surface area contributed by atoms with Gasteiger partial charge in [-0.2, -0.15) is 0 Å². The fourth-order valence-corrected chi connectivity index (χ4v) is 1.83. The van der Waals surface area contributed by atoms with Gasteiger partial charge in [0.1, 0.15) is 12.3 Å². The molecule has 1 aliphatic heterocycles. The van der Waals surface area contributed by atoms with Crippen molar-refractivity contribution in [2.45, 2.75) is 0 Å². The van der Waals surface area contributed by atoms with Gasteiger partial charge in [-0.05, 0) is 12.1 Å². The van der Waals surface area contributed by atoms with Crippen molar-refractivity contribution >= 4 is 23.4 Å². The number of carbonyl (C=O) groups excluding carboxylic acids is 3. The average molecular weight is 277 g/mol. The van der Waals surface area contributed by atoms with Gasteiger partial charge in [-0.1, -0.05) is 6.07 Å². The third kappa shape index (κ3) is 3.33. The number of hydrogen-bond donors (Lipinski definition) is 2. The summed E-state index contributed by atoms with van der Waals surface area (Å²) >= 11 is 0. The Balaban J connectivity index is 1.97. The number of carbonyl (C=O) groups is 3. The second-order valence-electron chi connectivity index (χ2n) is 4.26. The van der Waals surface area contributed by atoms with E-state index in [9.17, 15) is 14.4 Å². The number of piperazine rings is 1. The molecular weight excluding hydrogens is 262 g/mol. The summed E-state index contributed by atoms with van der Waals surface area (Å²) in [7, 11) is 1.53. The van der Waals surface area contributed by atoms with Crippen LogP contribution in [0.2, 0.25) is 0 Å². The SMILES string of the molecule is COc1cccc(NC(=O)CN2C(=O)CNCC2=O)c1. The second kappa shape index (κ2) is 6.16. The molecule has 0 saturated carbocycles. The van der Waals surface area contributed by atoms with E-state index >= 15 is 0 Å². The zero-order valence-corrected chi connectivity index (χ0v) is 11.0. The number of amides is 3. The summed E-state index contributed by atoms with van der Waals surface area (Å²) in [6, 6.07) is 6.83. The summed E-state index contributed by atoms with van der Waals surface area (Å²) < 4.78 is 5.04. The minimum atomic E-state index is -0.429. The topological polar surface area (TPSA) is 87.7 Å². The van der Waals surface area contributed by atoms with Gasteiger partial charge >= 0.3 is 0 Å². The van der Waals surface area contributed by atoms with Gasteiger partial charge in [0.2, 0.25) is 17.7 Å². The van der Waals surface area contributed by atoms with Crippen molar-refractivity contribution in [1.82, 2.24) is 10.2 Å². The molecule has 0 aliphatic carbocycles. The van der Waals surface area contributed by atoms with Crippen LogP contribution in [0.5, 0.6) is 5.75 Å². The molecular formula is C13H15N3O4. The predicted octanol–water partition coefficient (Wildman–Crippen LogP) is -0.408. The minimum Gasteiger partial charge on any atom is -0.497 e. The molecule has 0 radical (unpaired) electrons. The Morgan fingerprint density at radius 3 is 2.70 bits per heavy atom. The van der Waals surface area contributed by atoms with E-state index in [1.807, 2.05) is 0 Å². The second-order valence-corrected chi connectivity index (χ2v) is 4.26. The van der Waals surface area contributed by atoms with Gasteiger partial charge in [-0.15, -0.1) is 0 Å². The third-order valence-electron chi connectivity index (χ3n) is 2.81. The predicted molar refractivity (Wildman–Crippen MR) is 71.2 cm³/mol. The van der Waals surface area contributed by atoms with E-state index in [1.165, 1.54) is 7.11 Å². The van der Waals surface area contributed by atoms with Crippen LogP contribution in [-0.4, -0.2) is 49.4 Å². The minimum absolute atomic E-state index is 0.0676. The van der Waals surface area contributed by atoms with Crippen LogP contribution in [0.25, 0.3) is 0 Å². The Bertz CT molecular complexity index is 528. The van der Waals surface area contributed by atoms with Crippen LogP contribution in [0, 0.1) is 0 Å². The molecule has 1 fully saturated rings. The number of benzene rings is 1. The van der Waals surface area contributed by atoms with E-state index in [4.69, 9.17) is 4.74 Å². The van der Waals surface area contributed by atoms with E-state index in [0.29, 0.717) is 11.4 Å². The van der Waals surface area contributed by atoms with Crippen molar-refractivity contribution in [1.29, 1.82) is 0 Å². The van der Waals surface area contributed by atoms with Crippen molar-refractivity contribution in [2.24, 2.45) is 0 Å². The molecule has 0 atom stereocenters. The van der Waals surface area contributed by atoms with Gasteiger partial charge in [0.05, 0.1) is 20.2 Å². The number of rotatable bonds is 4. The lowest BCUT2D eigenvalue weighted by Gasteiger charge is -2.24. The van der Waals surface area contributed by atoms with Crippen LogP contribution < -0.4 is 15.4 Å². The number of anilines is 1. The highest BCUT2D eigenvalue weighted by molar-refractivity contribution is 6.04. The lowest BCUT2D eigenvalue weighted by molar-refractivity contribution is -0.148. The van der Waals surface area contributed by atoms with Crippen LogP contribution >= 0.6 is 0 Å². The molecule has 1 aliphatic rings. The number of methoxy groups -OCH3 is 1. The Morgan fingerprint density at radius 1 is 1.35 bits per heavy atom. The van der Waals surface area contributed by atoms with Crippen LogP contribution in [0.15, 0.2) is 24.3 Å². The molecule has 106 valence electrons. The summed E-state index contributed by atoms with van der Waals surface area (Å²) in [4.78, 5) is 35.9. The molecule has 1 aromatic carbocycles. The van der Waals surface area contributed by atoms with Crippen molar-refractivity contribution < 1.29 is 19.1 Å². The highest BCUT2D eigenvalue weighted by Gasteiger charge is 2.27. The van der Waals surface area contributed by atoms with E-state index < -0.39 is 17.7 Å². The molecule has 7 heteroatoms. The van der Waals surface area contributed by atoms with Gasteiger partial charge in [0.25, 0.3) is 0 Å². The van der Waals surface area contributed by atoms with Gasteiger partial charge in [0, 0.05) is 11.8 Å². The standard InChI is InChI=1S/C13H15N3O4/c1-20-10-4-2-3-9(5-10)15-11(17)8-16-12(18)6-14-7-13(16)19/h2-5,14H,6-8H2,1H3,(H,15,17). The number of ether oxygens (including phenoxy) is 1. The number of nitrogens with zero attached hydrogens (tertiary/aromatic N) is 1. The van der Waals surface area contributed by atoms with Crippen LogP contribution in [0.3, 0.4) is 0 Å². The quantitative estimate of drug-likeness (QED) is 0.731. The fourth-order valence-electron chi connectivity index (χ4n) is 1.83. The summed E-state index contributed by atoms with van der Waals surface area (Å²) in [5.41, 5.74) is 0.546. The largest absolute Gasteiger partial charge is 0.497 e. The number of hydrogen-bond acceptors (Lipinski definition) is 5. The number of nitrogens with one attached hydrogen (secondary N) is 2. The van der Waals surface area contributed by atoms with Crippen molar-refractivity contribution in [3.8, 4) is 5.75 Å². The molecule has 7 nitrogen and oxygen atoms in total. The van der Waals surface area contributed by atoms with Gasteiger partial charge in [-0.25, -0.2) is 0 Å². The lowest BCUT2D eigenvalue weighted by atomic mass is 10.3. The lowest BCUT2D eigenvalue weighted by Crippen LogP contribution is -2.54. The van der Waals surface area contributed by atoms with Crippen LogP contribution in [0.1, 0.15) is 0 Å². The monoisotopic (exact) mass is 277 g/mol. The Hall–Kier alpha value is -2.41. The maximum Gasteiger partial charge on any atom is 0.244 e. The van der Waals surface area contributed by atoms with Gasteiger partial charge < -0.3 is 10.1 Å². The normalized spacial score (nSPS) is 15.2. The van der Waals surface area contributed by atoms with Gasteiger partial charge in [-0.3, -0.25) is 24.6 Å². The molecule has 0 bridgehead atoms. The summed E-state index contributed by atoms with van der Waals surface area (Å²) in [5.74, 6) is -0.622. The van der Waals surface area contributed by atoms with Crippen LogP contribution in [-0.2, 0) is 14.4 Å². The molecule has 0 aromatic heterocycles. The maximum atomic E-state index is 11.9. The van der Waals surface area contributed by atoms with E-state index in [2.05, 4.69) is 10.6 Å². The van der Waals surface area contributed by atoms with Crippen LogP contribution in [0.4, 0.5) is 5.69 Å². The first-order valence-electron chi connectivity index (χ1n) is 6.08. The molecule has 2 N–H and O–H groups in total. The van der Waals surface area contributed by atoms with Crippen molar-refractivity contribution in [3.63, 3.8) is 0 Å². The fraction of sp³-hybridized carbons (Fsp3) is 0.308. The first-order valence-corrected chi connectivity index (χ1v) is 6.08. The molecule has 1 saturated heterocycles. The van der Waals surface area contributed by atoms with Crippen molar-refractivity contribution in [3.05, 3.63) is 24.3 Å². The van der Waals surface area contributed by atoms with Gasteiger partial charge in [0.15, 0.2) is 0 Å². The maximum absolute atomic E-state index is 11.9. The summed E-state index contributed by atoms with van der Waals surface area (Å²) in [5, 5.41) is 5.28. The van der Waals surface area contributed by atoms with E-state index in [0.717, 1.165) is 4.90 Å². The molecule has 2 rings (SSSR count). The molecule has 0 spiro atoms. The first-order chi connectivity index (χ1) is 9.60.